The number of carbonyl (C=O) groups is 4. The highest BCUT2D eigenvalue weighted by Gasteiger charge is 2.26. The van der Waals surface area contributed by atoms with Crippen molar-refractivity contribution >= 4 is 40.6 Å². The monoisotopic (exact) mass is 348 g/mol. The highest BCUT2D eigenvalue weighted by molar-refractivity contribution is 7.12. The molecule has 2 heterocycles. The minimum atomic E-state index is -0.873. The molecule has 2 aromatic rings. The Morgan fingerprint density at radius 3 is 2.46 bits per heavy atom. The highest BCUT2D eigenvalue weighted by Crippen LogP contribution is 2.27. The summed E-state index contributed by atoms with van der Waals surface area (Å²) in [5.74, 6) is -1.89. The minimum absolute atomic E-state index is 0.0253. The van der Waals surface area contributed by atoms with Gasteiger partial charge in [-0.3, -0.25) is 24.5 Å². The molecule has 0 unspecified atom stereocenters. The lowest BCUT2D eigenvalue weighted by atomic mass is 10.1. The Balaban J connectivity index is 2.09. The lowest BCUT2D eigenvalue weighted by Gasteiger charge is -2.03. The van der Waals surface area contributed by atoms with Crippen LogP contribution in [0.5, 0.6) is 0 Å². The number of thiophene rings is 1. The van der Waals surface area contributed by atoms with Gasteiger partial charge in [-0.15, -0.1) is 11.3 Å². The highest BCUT2D eigenvalue weighted by atomic mass is 32.1. The molecule has 2 rings (SSSR count). The third-order valence-electron chi connectivity index (χ3n) is 3.31. The van der Waals surface area contributed by atoms with Crippen molar-refractivity contribution in [1.29, 1.82) is 0 Å². The van der Waals surface area contributed by atoms with Crippen LogP contribution in [0.15, 0.2) is 21.9 Å². The summed E-state index contributed by atoms with van der Waals surface area (Å²) >= 11 is 1.30. The van der Waals surface area contributed by atoms with E-state index in [4.69, 9.17) is 10.2 Å². The van der Waals surface area contributed by atoms with Crippen LogP contribution in [0.25, 0.3) is 0 Å². The van der Waals surface area contributed by atoms with E-state index >= 15 is 0 Å². The standard InChI is InChI=1S/C16H16N2O5S/c1-8(19)13-9(2)23-16(14(13)15(17)22)18-12(21)6-5-10(20)11-4-3-7-24-11/h3-4,7H,5-6H2,1-2H3,(H2,17,22)(H,18,21). The largest absolute Gasteiger partial charge is 0.444 e. The van der Waals surface area contributed by atoms with E-state index < -0.39 is 17.6 Å². The molecule has 0 saturated carbocycles. The van der Waals surface area contributed by atoms with Gasteiger partial charge in [-0.2, -0.15) is 0 Å². The van der Waals surface area contributed by atoms with E-state index in [1.165, 1.54) is 25.2 Å². The van der Waals surface area contributed by atoms with Gasteiger partial charge in [0.15, 0.2) is 11.6 Å². The number of anilines is 1. The number of carbonyl (C=O) groups excluding carboxylic acids is 4. The van der Waals surface area contributed by atoms with Gasteiger partial charge in [0, 0.05) is 12.8 Å². The van der Waals surface area contributed by atoms with Gasteiger partial charge in [0.25, 0.3) is 5.91 Å². The number of primary amides is 1. The van der Waals surface area contributed by atoms with Crippen LogP contribution in [-0.4, -0.2) is 23.4 Å². The Morgan fingerprint density at radius 2 is 1.92 bits per heavy atom. The van der Waals surface area contributed by atoms with Crippen LogP contribution < -0.4 is 11.1 Å². The van der Waals surface area contributed by atoms with Gasteiger partial charge in [0.2, 0.25) is 11.8 Å². The molecule has 0 radical (unpaired) electrons. The van der Waals surface area contributed by atoms with Gasteiger partial charge in [0.1, 0.15) is 11.3 Å². The molecule has 0 fully saturated rings. The maximum atomic E-state index is 12.0. The number of nitrogens with two attached hydrogens (primary N) is 1. The van der Waals surface area contributed by atoms with Crippen LogP contribution in [0.3, 0.4) is 0 Å². The summed E-state index contributed by atoms with van der Waals surface area (Å²) in [7, 11) is 0. The van der Waals surface area contributed by atoms with Crippen LogP contribution in [0.4, 0.5) is 5.88 Å². The normalized spacial score (nSPS) is 10.4. The van der Waals surface area contributed by atoms with Crippen molar-refractivity contribution in [2.45, 2.75) is 26.7 Å². The van der Waals surface area contributed by atoms with Crippen molar-refractivity contribution in [2.24, 2.45) is 5.73 Å². The number of rotatable bonds is 7. The number of furan rings is 1. The quantitative estimate of drug-likeness (QED) is 0.745. The number of hydrogen-bond donors (Lipinski definition) is 2. The van der Waals surface area contributed by atoms with Crippen molar-refractivity contribution in [3.8, 4) is 0 Å². The van der Waals surface area contributed by atoms with E-state index in [0.717, 1.165) is 0 Å². The van der Waals surface area contributed by atoms with Gasteiger partial charge < -0.3 is 10.2 Å². The second kappa shape index (κ2) is 7.22. The van der Waals surface area contributed by atoms with Crippen LogP contribution in [0.1, 0.15) is 55.9 Å². The fraction of sp³-hybridized carbons (Fsp3) is 0.250. The maximum Gasteiger partial charge on any atom is 0.255 e. The average molecular weight is 348 g/mol. The lowest BCUT2D eigenvalue weighted by Crippen LogP contribution is -2.19. The summed E-state index contributed by atoms with van der Waals surface area (Å²) in [5.41, 5.74) is 5.17. The molecule has 24 heavy (non-hydrogen) atoms. The number of hydrogen-bond acceptors (Lipinski definition) is 6. The van der Waals surface area contributed by atoms with Crippen molar-refractivity contribution in [2.75, 3.05) is 5.32 Å². The number of amides is 2. The second-order valence-corrected chi connectivity index (χ2v) is 6.05. The summed E-state index contributed by atoms with van der Waals surface area (Å²) in [5, 5.41) is 4.18. The van der Waals surface area contributed by atoms with E-state index in [1.54, 1.807) is 17.5 Å². The third kappa shape index (κ3) is 3.77. The first-order valence-electron chi connectivity index (χ1n) is 7.12. The maximum absolute atomic E-state index is 12.0. The molecule has 126 valence electrons. The van der Waals surface area contributed by atoms with Gasteiger partial charge >= 0.3 is 0 Å². The average Bonchev–Trinajstić information content (AvgIpc) is 3.12. The predicted molar refractivity (Wildman–Crippen MR) is 88.5 cm³/mol. The zero-order valence-electron chi connectivity index (χ0n) is 13.2. The van der Waals surface area contributed by atoms with Gasteiger partial charge in [-0.05, 0) is 25.3 Å². The fourth-order valence-corrected chi connectivity index (χ4v) is 2.96. The predicted octanol–water partition coefficient (Wildman–Crippen LogP) is 2.55. The molecule has 2 aromatic heterocycles. The van der Waals surface area contributed by atoms with E-state index in [1.807, 2.05) is 0 Å². The van der Waals surface area contributed by atoms with Crippen LogP contribution in [-0.2, 0) is 4.79 Å². The number of ketones is 2. The van der Waals surface area contributed by atoms with Gasteiger partial charge in [-0.25, -0.2) is 0 Å². The molecule has 7 nitrogen and oxygen atoms in total. The molecule has 8 heteroatoms. The lowest BCUT2D eigenvalue weighted by molar-refractivity contribution is -0.116. The molecule has 0 bridgehead atoms. The van der Waals surface area contributed by atoms with Gasteiger partial charge in [0.05, 0.1) is 10.4 Å². The van der Waals surface area contributed by atoms with E-state index in [2.05, 4.69) is 5.32 Å². The van der Waals surface area contributed by atoms with Crippen LogP contribution in [0, 0.1) is 6.92 Å². The Morgan fingerprint density at radius 1 is 1.21 bits per heavy atom. The zero-order valence-corrected chi connectivity index (χ0v) is 14.0. The summed E-state index contributed by atoms with van der Waals surface area (Å²) < 4.78 is 5.28. The Kier molecular flexibility index (Phi) is 5.30. The molecule has 0 aliphatic heterocycles. The van der Waals surface area contributed by atoms with Crippen LogP contribution in [0.2, 0.25) is 0 Å². The minimum Gasteiger partial charge on any atom is -0.444 e. The van der Waals surface area contributed by atoms with Crippen LogP contribution >= 0.6 is 11.3 Å². The van der Waals surface area contributed by atoms with E-state index in [-0.39, 0.29) is 41.4 Å². The Labute approximate surface area is 141 Å². The van der Waals surface area contributed by atoms with Crippen molar-refractivity contribution in [3.05, 3.63) is 39.3 Å². The number of aryl methyl sites for hydroxylation is 1. The summed E-state index contributed by atoms with van der Waals surface area (Å²) in [4.78, 5) is 47.6. The topological polar surface area (TPSA) is 119 Å². The molecule has 0 aliphatic carbocycles. The van der Waals surface area contributed by atoms with Gasteiger partial charge in [-0.1, -0.05) is 6.07 Å². The third-order valence-corrected chi connectivity index (χ3v) is 4.22. The Bertz CT molecular complexity index is 805. The smallest absolute Gasteiger partial charge is 0.255 e. The first-order chi connectivity index (χ1) is 11.3. The van der Waals surface area contributed by atoms with Crippen molar-refractivity contribution in [3.63, 3.8) is 0 Å². The molecule has 0 spiro atoms. The molecule has 0 aromatic carbocycles. The molecule has 0 aliphatic rings. The first-order valence-corrected chi connectivity index (χ1v) is 8.00. The van der Waals surface area contributed by atoms with Crippen molar-refractivity contribution in [1.82, 2.24) is 0 Å². The summed E-state index contributed by atoms with van der Waals surface area (Å²) in [6.07, 6.45) is -0.0540. The van der Waals surface area contributed by atoms with Crippen molar-refractivity contribution < 1.29 is 23.6 Å². The fourth-order valence-electron chi connectivity index (χ4n) is 2.27. The first kappa shape index (κ1) is 17.6. The number of Topliss-reactive ketones (excluding diaryl/α,β-unsaturated/α-hetero) is 2. The second-order valence-electron chi connectivity index (χ2n) is 5.11. The number of nitrogens with one attached hydrogen (secondary N) is 1. The summed E-state index contributed by atoms with van der Waals surface area (Å²) in [6, 6.07) is 3.44. The molecule has 0 saturated heterocycles. The molecule has 0 atom stereocenters. The molecular formula is C16H16N2O5S. The SMILES string of the molecule is CC(=O)c1c(C)oc(NC(=O)CCC(=O)c2cccs2)c1C(N)=O. The summed E-state index contributed by atoms with van der Waals surface area (Å²) in [6.45, 7) is 2.77. The zero-order chi connectivity index (χ0) is 17.9. The van der Waals surface area contributed by atoms with E-state index in [0.29, 0.717) is 4.88 Å². The molecular weight excluding hydrogens is 332 g/mol. The van der Waals surface area contributed by atoms with E-state index in [9.17, 15) is 19.2 Å². The molecule has 3 N–H and O–H groups in total. The Hall–Kier alpha value is -2.74. The molecule has 2 amide bonds.